The van der Waals surface area contributed by atoms with E-state index in [0.29, 0.717) is 17.5 Å². The van der Waals surface area contributed by atoms with Gasteiger partial charge in [-0.25, -0.2) is 0 Å². The third-order valence-electron chi connectivity index (χ3n) is 4.94. The molecule has 1 saturated heterocycles. The van der Waals surface area contributed by atoms with Crippen LogP contribution in [0.2, 0.25) is 0 Å². The summed E-state index contributed by atoms with van der Waals surface area (Å²) >= 11 is 1.46. The van der Waals surface area contributed by atoms with Gasteiger partial charge in [0.15, 0.2) is 0 Å². The standard InChI is InChI=1S/C19H26N4OS/c1-19(2,15-6-4-3-5-7-15)17-22-23-18(25-17)21-16(24)9-8-14-10-12-20-13-11-14/h3-7,14,20H,8-13H2,1-2H3,(H,21,23,24). The van der Waals surface area contributed by atoms with Crippen molar-refractivity contribution < 1.29 is 4.79 Å². The van der Waals surface area contributed by atoms with E-state index in [4.69, 9.17) is 0 Å². The Labute approximate surface area is 153 Å². The molecule has 5 nitrogen and oxygen atoms in total. The first kappa shape index (κ1) is 18.0. The molecule has 134 valence electrons. The van der Waals surface area contributed by atoms with E-state index in [9.17, 15) is 4.79 Å². The summed E-state index contributed by atoms with van der Waals surface area (Å²) in [4.78, 5) is 12.2. The molecule has 2 N–H and O–H groups in total. The van der Waals surface area contributed by atoms with Gasteiger partial charge in [-0.3, -0.25) is 4.79 Å². The first-order chi connectivity index (χ1) is 12.1. The molecule has 0 saturated carbocycles. The van der Waals surface area contributed by atoms with Crippen molar-refractivity contribution in [2.24, 2.45) is 5.92 Å². The zero-order valence-corrected chi connectivity index (χ0v) is 15.7. The van der Waals surface area contributed by atoms with Gasteiger partial charge >= 0.3 is 0 Å². The topological polar surface area (TPSA) is 66.9 Å². The maximum Gasteiger partial charge on any atom is 0.226 e. The summed E-state index contributed by atoms with van der Waals surface area (Å²) in [6.07, 6.45) is 3.85. The van der Waals surface area contributed by atoms with E-state index in [1.807, 2.05) is 18.2 Å². The molecule has 0 aliphatic carbocycles. The molecule has 1 aliphatic heterocycles. The molecule has 3 rings (SSSR count). The fraction of sp³-hybridized carbons (Fsp3) is 0.526. The van der Waals surface area contributed by atoms with Crippen LogP contribution in [0.1, 0.15) is 50.1 Å². The van der Waals surface area contributed by atoms with Crippen molar-refractivity contribution in [3.8, 4) is 0 Å². The average Bonchev–Trinajstić information content (AvgIpc) is 3.11. The van der Waals surface area contributed by atoms with Gasteiger partial charge in [-0.05, 0) is 57.7 Å². The first-order valence-electron chi connectivity index (χ1n) is 8.96. The summed E-state index contributed by atoms with van der Waals surface area (Å²) in [7, 11) is 0. The van der Waals surface area contributed by atoms with E-state index in [-0.39, 0.29) is 11.3 Å². The number of anilines is 1. The monoisotopic (exact) mass is 358 g/mol. The van der Waals surface area contributed by atoms with Crippen LogP contribution in [0.3, 0.4) is 0 Å². The summed E-state index contributed by atoms with van der Waals surface area (Å²) in [6, 6.07) is 10.3. The Morgan fingerprint density at radius 1 is 1.24 bits per heavy atom. The number of hydrogen-bond donors (Lipinski definition) is 2. The number of hydrogen-bond acceptors (Lipinski definition) is 5. The van der Waals surface area contributed by atoms with Crippen molar-refractivity contribution in [3.05, 3.63) is 40.9 Å². The maximum absolute atomic E-state index is 12.2. The highest BCUT2D eigenvalue weighted by Crippen LogP contribution is 2.34. The van der Waals surface area contributed by atoms with E-state index in [2.05, 4.69) is 46.8 Å². The van der Waals surface area contributed by atoms with Crippen molar-refractivity contribution >= 4 is 22.4 Å². The van der Waals surface area contributed by atoms with Crippen LogP contribution in [-0.4, -0.2) is 29.2 Å². The zero-order valence-electron chi connectivity index (χ0n) is 14.9. The summed E-state index contributed by atoms with van der Waals surface area (Å²) in [5.74, 6) is 0.702. The van der Waals surface area contributed by atoms with Crippen LogP contribution in [0, 0.1) is 5.92 Å². The Morgan fingerprint density at radius 3 is 2.68 bits per heavy atom. The molecule has 0 unspecified atom stereocenters. The Morgan fingerprint density at radius 2 is 1.96 bits per heavy atom. The van der Waals surface area contributed by atoms with Gasteiger partial charge in [-0.15, -0.1) is 10.2 Å². The van der Waals surface area contributed by atoms with Crippen molar-refractivity contribution in [3.63, 3.8) is 0 Å². The van der Waals surface area contributed by atoms with E-state index in [0.717, 1.165) is 24.5 Å². The second-order valence-electron chi connectivity index (χ2n) is 7.18. The van der Waals surface area contributed by atoms with Gasteiger partial charge in [-0.2, -0.15) is 0 Å². The van der Waals surface area contributed by atoms with Crippen LogP contribution < -0.4 is 10.6 Å². The molecule has 0 spiro atoms. The number of carbonyl (C=O) groups excluding carboxylic acids is 1. The molecule has 6 heteroatoms. The molecule has 0 radical (unpaired) electrons. The lowest BCUT2D eigenvalue weighted by molar-refractivity contribution is -0.116. The molecule has 0 atom stereocenters. The largest absolute Gasteiger partial charge is 0.317 e. The summed E-state index contributed by atoms with van der Waals surface area (Å²) in [5, 5.41) is 16.3. The van der Waals surface area contributed by atoms with Gasteiger partial charge in [0.1, 0.15) is 5.01 Å². The highest BCUT2D eigenvalue weighted by Gasteiger charge is 2.27. The van der Waals surface area contributed by atoms with Crippen LogP contribution in [0.15, 0.2) is 30.3 Å². The molecule has 1 aromatic heterocycles. The fourth-order valence-electron chi connectivity index (χ4n) is 3.19. The summed E-state index contributed by atoms with van der Waals surface area (Å²) in [6.45, 7) is 6.40. The Hall–Kier alpha value is -1.79. The van der Waals surface area contributed by atoms with E-state index >= 15 is 0 Å². The lowest BCUT2D eigenvalue weighted by Gasteiger charge is -2.22. The Kier molecular flexibility index (Phi) is 5.81. The van der Waals surface area contributed by atoms with Crippen molar-refractivity contribution in [1.82, 2.24) is 15.5 Å². The lowest BCUT2D eigenvalue weighted by atomic mass is 9.85. The van der Waals surface area contributed by atoms with Crippen molar-refractivity contribution in [2.75, 3.05) is 18.4 Å². The molecule has 1 amide bonds. The molecule has 25 heavy (non-hydrogen) atoms. The number of rotatable bonds is 6. The molecular weight excluding hydrogens is 332 g/mol. The third-order valence-corrected chi connectivity index (χ3v) is 6.10. The fourth-order valence-corrected chi connectivity index (χ4v) is 4.08. The zero-order chi connectivity index (χ0) is 17.7. The predicted molar refractivity (Wildman–Crippen MR) is 102 cm³/mol. The Balaban J connectivity index is 1.57. The van der Waals surface area contributed by atoms with Gasteiger partial charge in [0.2, 0.25) is 11.0 Å². The second-order valence-corrected chi connectivity index (χ2v) is 8.16. The van der Waals surface area contributed by atoms with Crippen LogP contribution >= 0.6 is 11.3 Å². The van der Waals surface area contributed by atoms with Gasteiger partial charge in [0.05, 0.1) is 0 Å². The minimum atomic E-state index is -0.225. The number of nitrogens with one attached hydrogen (secondary N) is 2. The predicted octanol–water partition coefficient (Wildman–Crippen LogP) is 3.58. The number of nitrogens with zero attached hydrogens (tertiary/aromatic N) is 2. The molecular formula is C19H26N4OS. The van der Waals surface area contributed by atoms with Gasteiger partial charge in [-0.1, -0.05) is 41.7 Å². The van der Waals surface area contributed by atoms with Crippen molar-refractivity contribution in [1.29, 1.82) is 0 Å². The van der Waals surface area contributed by atoms with Gasteiger partial charge in [0.25, 0.3) is 0 Å². The normalized spacial score (nSPS) is 15.9. The maximum atomic E-state index is 12.2. The molecule has 1 fully saturated rings. The third kappa shape index (κ3) is 4.64. The quantitative estimate of drug-likeness (QED) is 0.828. The van der Waals surface area contributed by atoms with Crippen LogP contribution in [-0.2, 0) is 10.2 Å². The number of aromatic nitrogens is 2. The van der Waals surface area contributed by atoms with Crippen LogP contribution in [0.25, 0.3) is 0 Å². The number of piperidine rings is 1. The van der Waals surface area contributed by atoms with Crippen LogP contribution in [0.4, 0.5) is 5.13 Å². The first-order valence-corrected chi connectivity index (χ1v) is 9.77. The second kappa shape index (κ2) is 8.06. The minimum absolute atomic E-state index is 0.0405. The number of benzene rings is 1. The number of amides is 1. The van der Waals surface area contributed by atoms with Crippen LogP contribution in [0.5, 0.6) is 0 Å². The van der Waals surface area contributed by atoms with Gasteiger partial charge < -0.3 is 10.6 Å². The SMILES string of the molecule is CC(C)(c1ccccc1)c1nnc(NC(=O)CCC2CCNCC2)s1. The number of carbonyl (C=O) groups is 1. The van der Waals surface area contributed by atoms with E-state index in [1.54, 1.807) is 0 Å². The van der Waals surface area contributed by atoms with Gasteiger partial charge in [0, 0.05) is 11.8 Å². The molecule has 2 heterocycles. The highest BCUT2D eigenvalue weighted by atomic mass is 32.1. The van der Waals surface area contributed by atoms with E-state index in [1.165, 1.54) is 29.7 Å². The minimum Gasteiger partial charge on any atom is -0.317 e. The smallest absolute Gasteiger partial charge is 0.226 e. The average molecular weight is 359 g/mol. The molecule has 1 aliphatic rings. The molecule has 2 aromatic rings. The highest BCUT2D eigenvalue weighted by molar-refractivity contribution is 7.15. The summed E-state index contributed by atoms with van der Waals surface area (Å²) < 4.78 is 0. The summed E-state index contributed by atoms with van der Waals surface area (Å²) in [5.41, 5.74) is 0.965. The van der Waals surface area contributed by atoms with Crippen molar-refractivity contribution in [2.45, 2.75) is 44.9 Å². The van der Waals surface area contributed by atoms with E-state index < -0.39 is 0 Å². The lowest BCUT2D eigenvalue weighted by Crippen LogP contribution is -2.28. The molecule has 0 bridgehead atoms. The Bertz CT molecular complexity index is 692. The molecule has 1 aromatic carbocycles.